The number of primary amides is 1. The number of anilines is 1. The van der Waals surface area contributed by atoms with Crippen molar-refractivity contribution in [2.24, 2.45) is 5.73 Å². The van der Waals surface area contributed by atoms with Crippen LogP contribution in [0.5, 0.6) is 0 Å². The quantitative estimate of drug-likeness (QED) is 0.718. The van der Waals surface area contributed by atoms with Crippen LogP contribution in [-0.4, -0.2) is 16.0 Å². The van der Waals surface area contributed by atoms with Crippen LogP contribution in [0.25, 0.3) is 0 Å². The number of carbonyl (C=O) groups excluding carboxylic acids is 1. The SMILES string of the molecule is NC(=O)c1c(Cl)cccc1NCc1noc(Cc2ccccc2)n1. The van der Waals surface area contributed by atoms with Crippen LogP contribution in [0.15, 0.2) is 53.1 Å². The van der Waals surface area contributed by atoms with Crippen LogP contribution in [-0.2, 0) is 13.0 Å². The third kappa shape index (κ3) is 3.72. The number of benzene rings is 2. The average Bonchev–Trinajstić information content (AvgIpc) is 3.01. The average molecular weight is 343 g/mol. The lowest BCUT2D eigenvalue weighted by atomic mass is 10.1. The zero-order valence-corrected chi connectivity index (χ0v) is 13.5. The van der Waals surface area contributed by atoms with Crippen LogP contribution in [0.3, 0.4) is 0 Å². The highest BCUT2D eigenvalue weighted by Gasteiger charge is 2.13. The van der Waals surface area contributed by atoms with Crippen molar-refractivity contribution in [3.63, 3.8) is 0 Å². The minimum atomic E-state index is -0.596. The van der Waals surface area contributed by atoms with Gasteiger partial charge in [-0.05, 0) is 17.7 Å². The predicted molar refractivity (Wildman–Crippen MR) is 90.8 cm³/mol. The molecule has 1 heterocycles. The highest BCUT2D eigenvalue weighted by atomic mass is 35.5. The molecule has 0 unspecified atom stereocenters. The number of nitrogens with zero attached hydrogens (tertiary/aromatic N) is 2. The number of hydrogen-bond acceptors (Lipinski definition) is 5. The molecule has 0 fully saturated rings. The maximum atomic E-state index is 11.5. The van der Waals surface area contributed by atoms with Gasteiger partial charge in [-0.3, -0.25) is 4.79 Å². The second-order valence-corrected chi connectivity index (χ2v) is 5.55. The Balaban J connectivity index is 1.68. The Labute approximate surface area is 143 Å². The van der Waals surface area contributed by atoms with Gasteiger partial charge in [0.05, 0.1) is 23.6 Å². The molecule has 6 nitrogen and oxygen atoms in total. The Morgan fingerprint density at radius 1 is 1.17 bits per heavy atom. The van der Waals surface area contributed by atoms with Crippen molar-refractivity contribution in [2.75, 3.05) is 5.32 Å². The molecular formula is C17H15ClN4O2. The van der Waals surface area contributed by atoms with Gasteiger partial charge in [0, 0.05) is 5.69 Å². The minimum Gasteiger partial charge on any atom is -0.377 e. The number of halogens is 1. The summed E-state index contributed by atoms with van der Waals surface area (Å²) in [5.41, 5.74) is 7.23. The molecule has 24 heavy (non-hydrogen) atoms. The summed E-state index contributed by atoms with van der Waals surface area (Å²) in [6.07, 6.45) is 0.567. The molecule has 0 saturated carbocycles. The lowest BCUT2D eigenvalue weighted by Crippen LogP contribution is -2.15. The molecule has 0 atom stereocenters. The van der Waals surface area contributed by atoms with Crippen molar-refractivity contribution >= 4 is 23.2 Å². The third-order valence-electron chi connectivity index (χ3n) is 3.41. The van der Waals surface area contributed by atoms with Crippen LogP contribution in [0, 0.1) is 0 Å². The van der Waals surface area contributed by atoms with E-state index in [1.807, 2.05) is 30.3 Å². The second kappa shape index (κ2) is 7.14. The van der Waals surface area contributed by atoms with E-state index in [1.54, 1.807) is 18.2 Å². The van der Waals surface area contributed by atoms with E-state index < -0.39 is 5.91 Å². The molecule has 3 rings (SSSR count). The van der Waals surface area contributed by atoms with Gasteiger partial charge in [-0.15, -0.1) is 0 Å². The van der Waals surface area contributed by atoms with E-state index in [2.05, 4.69) is 15.5 Å². The lowest BCUT2D eigenvalue weighted by Gasteiger charge is -2.09. The number of aromatic nitrogens is 2. The summed E-state index contributed by atoms with van der Waals surface area (Å²) in [6, 6.07) is 14.9. The van der Waals surface area contributed by atoms with Crippen molar-refractivity contribution in [1.29, 1.82) is 0 Å². The lowest BCUT2D eigenvalue weighted by molar-refractivity contribution is 0.100. The fraction of sp³-hybridized carbons (Fsp3) is 0.118. The summed E-state index contributed by atoms with van der Waals surface area (Å²) in [5, 5.41) is 7.28. The maximum Gasteiger partial charge on any atom is 0.252 e. The first-order chi connectivity index (χ1) is 11.6. The Hall–Kier alpha value is -2.86. The largest absolute Gasteiger partial charge is 0.377 e. The first-order valence-corrected chi connectivity index (χ1v) is 7.69. The molecular weight excluding hydrogens is 328 g/mol. The summed E-state index contributed by atoms with van der Waals surface area (Å²) >= 11 is 6.01. The molecule has 7 heteroatoms. The van der Waals surface area contributed by atoms with E-state index in [0.717, 1.165) is 5.56 Å². The van der Waals surface area contributed by atoms with Crippen LogP contribution in [0.4, 0.5) is 5.69 Å². The molecule has 3 aromatic rings. The van der Waals surface area contributed by atoms with Crippen LogP contribution < -0.4 is 11.1 Å². The van der Waals surface area contributed by atoms with Gasteiger partial charge in [0.2, 0.25) is 5.89 Å². The number of nitrogens with one attached hydrogen (secondary N) is 1. The molecule has 0 aliphatic rings. The van der Waals surface area contributed by atoms with E-state index in [-0.39, 0.29) is 5.56 Å². The highest BCUT2D eigenvalue weighted by molar-refractivity contribution is 6.34. The van der Waals surface area contributed by atoms with Gasteiger partial charge in [0.25, 0.3) is 5.91 Å². The molecule has 0 spiro atoms. The Bertz CT molecular complexity index is 849. The van der Waals surface area contributed by atoms with Gasteiger partial charge in [0.1, 0.15) is 0 Å². The van der Waals surface area contributed by atoms with E-state index in [4.69, 9.17) is 21.9 Å². The van der Waals surface area contributed by atoms with Crippen molar-refractivity contribution < 1.29 is 9.32 Å². The normalized spacial score (nSPS) is 10.5. The van der Waals surface area contributed by atoms with Gasteiger partial charge in [-0.25, -0.2) is 0 Å². The zero-order chi connectivity index (χ0) is 16.9. The summed E-state index contributed by atoms with van der Waals surface area (Å²) in [5.74, 6) is 0.413. The maximum absolute atomic E-state index is 11.5. The highest BCUT2D eigenvalue weighted by Crippen LogP contribution is 2.24. The van der Waals surface area contributed by atoms with E-state index in [9.17, 15) is 4.79 Å². The van der Waals surface area contributed by atoms with Gasteiger partial charge >= 0.3 is 0 Å². The van der Waals surface area contributed by atoms with Gasteiger partial charge in [-0.1, -0.05) is 53.2 Å². The van der Waals surface area contributed by atoms with E-state index in [1.165, 1.54) is 0 Å². The summed E-state index contributed by atoms with van der Waals surface area (Å²) < 4.78 is 5.24. The Morgan fingerprint density at radius 2 is 1.96 bits per heavy atom. The molecule has 0 bridgehead atoms. The summed E-state index contributed by atoms with van der Waals surface area (Å²) in [6.45, 7) is 0.291. The zero-order valence-electron chi connectivity index (χ0n) is 12.7. The van der Waals surface area contributed by atoms with Crippen molar-refractivity contribution in [2.45, 2.75) is 13.0 Å². The Kier molecular flexibility index (Phi) is 4.77. The Morgan fingerprint density at radius 3 is 2.71 bits per heavy atom. The fourth-order valence-corrected chi connectivity index (χ4v) is 2.57. The molecule has 0 saturated heterocycles. The smallest absolute Gasteiger partial charge is 0.252 e. The van der Waals surface area contributed by atoms with Crippen molar-refractivity contribution in [1.82, 2.24) is 10.1 Å². The number of hydrogen-bond donors (Lipinski definition) is 2. The van der Waals surface area contributed by atoms with Crippen molar-refractivity contribution in [3.8, 4) is 0 Å². The molecule has 0 aliphatic carbocycles. The topological polar surface area (TPSA) is 94.0 Å². The predicted octanol–water partition coefficient (Wildman–Crippen LogP) is 3.02. The number of carbonyl (C=O) groups is 1. The molecule has 2 aromatic carbocycles. The summed E-state index contributed by atoms with van der Waals surface area (Å²) in [4.78, 5) is 15.8. The van der Waals surface area contributed by atoms with E-state index in [0.29, 0.717) is 35.4 Å². The molecule has 1 amide bonds. The minimum absolute atomic E-state index is 0.243. The standard InChI is InChI=1S/C17H15ClN4O2/c18-12-7-4-8-13(16(12)17(19)23)20-10-14-21-15(24-22-14)9-11-5-2-1-3-6-11/h1-8,20H,9-10H2,(H2,19,23). The van der Waals surface area contributed by atoms with Crippen molar-refractivity contribution in [3.05, 3.63) is 76.4 Å². The first-order valence-electron chi connectivity index (χ1n) is 7.31. The van der Waals surface area contributed by atoms with Gasteiger partial charge in [0.15, 0.2) is 5.82 Å². The molecule has 0 radical (unpaired) electrons. The fourth-order valence-electron chi connectivity index (χ4n) is 2.30. The second-order valence-electron chi connectivity index (χ2n) is 5.15. The van der Waals surface area contributed by atoms with Crippen LogP contribution in [0.2, 0.25) is 5.02 Å². The molecule has 3 N–H and O–H groups in total. The van der Waals surface area contributed by atoms with E-state index >= 15 is 0 Å². The summed E-state index contributed by atoms with van der Waals surface area (Å²) in [7, 11) is 0. The van der Waals surface area contributed by atoms with Gasteiger partial charge in [-0.2, -0.15) is 4.98 Å². The van der Waals surface area contributed by atoms with Crippen LogP contribution in [0.1, 0.15) is 27.6 Å². The van der Waals surface area contributed by atoms with Gasteiger partial charge < -0.3 is 15.6 Å². The molecule has 0 aliphatic heterocycles. The number of amides is 1. The molecule has 122 valence electrons. The molecule has 1 aromatic heterocycles. The first kappa shape index (κ1) is 16.0. The number of rotatable bonds is 6. The number of nitrogens with two attached hydrogens (primary N) is 1. The third-order valence-corrected chi connectivity index (χ3v) is 3.72. The monoisotopic (exact) mass is 342 g/mol. The van der Waals surface area contributed by atoms with Crippen LogP contribution >= 0.6 is 11.6 Å².